The fraction of sp³-hybridized carbons (Fsp3) is 0.250. The van der Waals surface area contributed by atoms with E-state index in [-0.39, 0.29) is 5.82 Å². The average Bonchev–Trinajstić information content (AvgIpc) is 1.82. The third-order valence-electron chi connectivity index (χ3n) is 1.75. The van der Waals surface area contributed by atoms with Gasteiger partial charge in [0.15, 0.2) is 0 Å². The van der Waals surface area contributed by atoms with Crippen LogP contribution in [0, 0.1) is 19.7 Å². The molecule has 0 amide bonds. The maximum atomic E-state index is 12.8. The Morgan fingerprint density at radius 2 is 1.90 bits per heavy atom. The van der Waals surface area contributed by atoms with Gasteiger partial charge in [-0.2, -0.15) is 0 Å². The summed E-state index contributed by atoms with van der Waals surface area (Å²) in [5, 5.41) is 0. The van der Waals surface area contributed by atoms with Crippen LogP contribution in [0.4, 0.5) is 4.39 Å². The molecule has 1 aromatic rings. The van der Waals surface area contributed by atoms with Gasteiger partial charge in [-0.1, -0.05) is 11.5 Å². The molecule has 0 atom stereocenters. The lowest BCUT2D eigenvalue weighted by Crippen LogP contribution is -2.09. The first-order valence-corrected chi connectivity index (χ1v) is 3.34. The summed E-state index contributed by atoms with van der Waals surface area (Å²) >= 11 is 0. The highest BCUT2D eigenvalue weighted by molar-refractivity contribution is 6.33. The zero-order valence-electron chi connectivity index (χ0n) is 6.53. The third kappa shape index (κ3) is 1.20. The Morgan fingerprint density at radius 1 is 1.30 bits per heavy atom. The molecule has 0 aliphatic carbocycles. The highest BCUT2D eigenvalue weighted by atomic mass is 19.1. The Morgan fingerprint density at radius 3 is 2.40 bits per heavy atom. The fourth-order valence-corrected chi connectivity index (χ4v) is 0.988. The molecule has 0 N–H and O–H groups in total. The van der Waals surface area contributed by atoms with Gasteiger partial charge in [-0.05, 0) is 31.0 Å². The minimum atomic E-state index is -0.0995. The smallest absolute Gasteiger partial charge is 0.139 e. The number of rotatable bonds is 0. The monoisotopic (exact) mass is 136 g/mol. The first kappa shape index (κ1) is 7.32. The van der Waals surface area contributed by atoms with Crippen molar-refractivity contribution in [3.63, 3.8) is 0 Å². The van der Waals surface area contributed by atoms with Gasteiger partial charge in [0.25, 0.3) is 0 Å². The topological polar surface area (TPSA) is 0 Å². The van der Waals surface area contributed by atoms with Gasteiger partial charge >= 0.3 is 0 Å². The minimum Gasteiger partial charge on any atom is -0.207 e. The summed E-state index contributed by atoms with van der Waals surface area (Å²) in [6.45, 7) is 3.69. The van der Waals surface area contributed by atoms with Gasteiger partial charge in [-0.25, -0.2) is 4.39 Å². The molecular weight excluding hydrogens is 126 g/mol. The molecule has 2 heteroatoms. The molecule has 0 unspecified atom stereocenters. The van der Waals surface area contributed by atoms with Gasteiger partial charge in [0, 0.05) is 0 Å². The summed E-state index contributed by atoms with van der Waals surface area (Å²) in [7, 11) is 1.92. The largest absolute Gasteiger partial charge is 0.207 e. The van der Waals surface area contributed by atoms with E-state index in [1.54, 1.807) is 13.0 Å². The molecule has 0 nitrogen and oxygen atoms in total. The van der Waals surface area contributed by atoms with E-state index in [1.165, 1.54) is 0 Å². The SMILES string of the molecule is Bc1cc(C)cc(F)c1C. The summed E-state index contributed by atoms with van der Waals surface area (Å²) in [4.78, 5) is 0. The van der Waals surface area contributed by atoms with Crippen LogP contribution in [-0.2, 0) is 0 Å². The lowest BCUT2D eigenvalue weighted by atomic mass is 9.89. The summed E-state index contributed by atoms with van der Waals surface area (Å²) in [6.07, 6.45) is 0. The Hall–Kier alpha value is -0.785. The van der Waals surface area contributed by atoms with Gasteiger partial charge in [-0.3, -0.25) is 0 Å². The molecule has 0 saturated carbocycles. The molecule has 10 heavy (non-hydrogen) atoms. The molecule has 1 aromatic carbocycles. The first-order chi connectivity index (χ1) is 4.61. The standard InChI is InChI=1S/C8H10BF/c1-5-3-7(9)6(2)8(10)4-5/h3-4H,9H2,1-2H3. The van der Waals surface area contributed by atoms with Crippen LogP contribution in [0.15, 0.2) is 12.1 Å². The molecule has 0 aliphatic heterocycles. The Kier molecular flexibility index (Phi) is 1.79. The van der Waals surface area contributed by atoms with Crippen molar-refractivity contribution in [1.29, 1.82) is 0 Å². The second-order valence-corrected chi connectivity index (χ2v) is 2.69. The maximum Gasteiger partial charge on any atom is 0.139 e. The van der Waals surface area contributed by atoms with Crippen molar-refractivity contribution in [2.45, 2.75) is 13.8 Å². The molecular formula is C8H10BF. The predicted octanol–water partition coefficient (Wildman–Crippen LogP) is 0.701. The van der Waals surface area contributed by atoms with E-state index < -0.39 is 0 Å². The van der Waals surface area contributed by atoms with Crippen LogP contribution >= 0.6 is 0 Å². The summed E-state index contributed by atoms with van der Waals surface area (Å²) in [6, 6.07) is 3.54. The summed E-state index contributed by atoms with van der Waals surface area (Å²) in [5.41, 5.74) is 2.77. The molecule has 0 bridgehead atoms. The number of hydrogen-bond donors (Lipinski definition) is 0. The first-order valence-electron chi connectivity index (χ1n) is 3.34. The zero-order chi connectivity index (χ0) is 7.72. The van der Waals surface area contributed by atoms with E-state index in [2.05, 4.69) is 0 Å². The van der Waals surface area contributed by atoms with Crippen LogP contribution < -0.4 is 5.46 Å². The molecule has 0 fully saturated rings. The second kappa shape index (κ2) is 2.45. The minimum absolute atomic E-state index is 0.0995. The molecule has 0 saturated heterocycles. The predicted molar refractivity (Wildman–Crippen MR) is 44.1 cm³/mol. The molecule has 0 spiro atoms. The van der Waals surface area contributed by atoms with Crippen molar-refractivity contribution in [3.05, 3.63) is 29.1 Å². The van der Waals surface area contributed by atoms with Gasteiger partial charge < -0.3 is 0 Å². The lowest BCUT2D eigenvalue weighted by molar-refractivity contribution is 0.619. The average molecular weight is 136 g/mol. The fourth-order valence-electron chi connectivity index (χ4n) is 0.988. The third-order valence-corrected chi connectivity index (χ3v) is 1.75. The van der Waals surface area contributed by atoms with Crippen LogP contribution in [0.3, 0.4) is 0 Å². The normalized spacial score (nSPS) is 9.90. The highest BCUT2D eigenvalue weighted by Gasteiger charge is 1.99. The van der Waals surface area contributed by atoms with Gasteiger partial charge in [0.2, 0.25) is 0 Å². The van der Waals surface area contributed by atoms with Crippen LogP contribution in [-0.4, -0.2) is 7.85 Å². The second-order valence-electron chi connectivity index (χ2n) is 2.69. The summed E-state index contributed by atoms with van der Waals surface area (Å²) in [5.74, 6) is -0.0995. The maximum absolute atomic E-state index is 12.8. The highest BCUT2D eigenvalue weighted by Crippen LogP contribution is 2.04. The molecule has 0 aliphatic rings. The quantitative estimate of drug-likeness (QED) is 0.460. The van der Waals surface area contributed by atoms with Crippen molar-refractivity contribution in [1.82, 2.24) is 0 Å². The zero-order valence-corrected chi connectivity index (χ0v) is 6.53. The van der Waals surface area contributed by atoms with Crippen LogP contribution in [0.25, 0.3) is 0 Å². The number of benzene rings is 1. The Balaban J connectivity index is 3.31. The van der Waals surface area contributed by atoms with Crippen molar-refractivity contribution >= 4 is 13.3 Å². The van der Waals surface area contributed by atoms with Crippen molar-refractivity contribution in [3.8, 4) is 0 Å². The van der Waals surface area contributed by atoms with E-state index in [0.717, 1.165) is 16.6 Å². The van der Waals surface area contributed by atoms with E-state index >= 15 is 0 Å². The van der Waals surface area contributed by atoms with Crippen molar-refractivity contribution in [2.75, 3.05) is 0 Å². The number of aryl methyl sites for hydroxylation is 1. The Bertz CT molecular complexity index is 232. The Labute approximate surface area is 61.5 Å². The molecule has 0 radical (unpaired) electrons. The van der Waals surface area contributed by atoms with E-state index in [1.807, 2.05) is 20.8 Å². The van der Waals surface area contributed by atoms with Crippen LogP contribution in [0.1, 0.15) is 11.1 Å². The van der Waals surface area contributed by atoms with E-state index in [9.17, 15) is 4.39 Å². The lowest BCUT2D eigenvalue weighted by Gasteiger charge is -2.01. The molecule has 52 valence electrons. The summed E-state index contributed by atoms with van der Waals surface area (Å²) < 4.78 is 12.8. The van der Waals surface area contributed by atoms with E-state index in [4.69, 9.17) is 0 Å². The molecule has 1 rings (SSSR count). The van der Waals surface area contributed by atoms with Crippen LogP contribution in [0.2, 0.25) is 0 Å². The number of hydrogen-bond acceptors (Lipinski definition) is 0. The molecule has 0 aromatic heterocycles. The number of halogens is 1. The van der Waals surface area contributed by atoms with Gasteiger partial charge in [0.05, 0.1) is 0 Å². The van der Waals surface area contributed by atoms with Gasteiger partial charge in [0.1, 0.15) is 13.7 Å². The van der Waals surface area contributed by atoms with Crippen molar-refractivity contribution < 1.29 is 4.39 Å². The van der Waals surface area contributed by atoms with E-state index in [0.29, 0.717) is 0 Å². The van der Waals surface area contributed by atoms with Crippen LogP contribution in [0.5, 0.6) is 0 Å². The van der Waals surface area contributed by atoms with Crippen molar-refractivity contribution in [2.24, 2.45) is 0 Å². The van der Waals surface area contributed by atoms with Gasteiger partial charge in [-0.15, -0.1) is 0 Å². The molecule has 0 heterocycles.